The molecule has 2 fully saturated rings. The Morgan fingerprint density at radius 2 is 1.78 bits per heavy atom. The molecule has 1 saturated carbocycles. The van der Waals surface area contributed by atoms with Crippen molar-refractivity contribution in [1.82, 2.24) is 15.2 Å². The Morgan fingerprint density at radius 1 is 1.00 bits per heavy atom. The van der Waals surface area contributed by atoms with Crippen LogP contribution in [-0.4, -0.2) is 47.5 Å². The Balaban J connectivity index is 1.47. The Bertz CT molecular complexity index is 726. The molecule has 0 amide bonds. The lowest BCUT2D eigenvalue weighted by atomic mass is 10.1. The first-order chi connectivity index (χ1) is 13.4. The van der Waals surface area contributed by atoms with Crippen LogP contribution in [0.4, 0.5) is 23.1 Å². The summed E-state index contributed by atoms with van der Waals surface area (Å²) in [6.07, 6.45) is 9.25. The molecule has 0 atom stereocenters. The van der Waals surface area contributed by atoms with Gasteiger partial charge in [0.15, 0.2) is 5.82 Å². The second kappa shape index (κ2) is 8.99. The van der Waals surface area contributed by atoms with E-state index >= 15 is 0 Å². The smallest absolute Gasteiger partial charge is 0.244 e. The van der Waals surface area contributed by atoms with Crippen LogP contribution in [0.25, 0.3) is 0 Å². The number of benzene rings is 1. The van der Waals surface area contributed by atoms with E-state index in [2.05, 4.69) is 48.9 Å². The maximum absolute atomic E-state index is 5.48. The summed E-state index contributed by atoms with van der Waals surface area (Å²) < 4.78 is 5.48. The van der Waals surface area contributed by atoms with E-state index in [1.54, 1.807) is 6.20 Å². The van der Waals surface area contributed by atoms with Crippen molar-refractivity contribution in [2.45, 2.75) is 44.6 Å². The van der Waals surface area contributed by atoms with Gasteiger partial charge in [0.25, 0.3) is 0 Å². The molecule has 2 aliphatic rings. The first kappa shape index (κ1) is 18.0. The van der Waals surface area contributed by atoms with Gasteiger partial charge >= 0.3 is 0 Å². The molecule has 2 heterocycles. The first-order valence-corrected chi connectivity index (χ1v) is 10.0. The predicted molar refractivity (Wildman–Crippen MR) is 108 cm³/mol. The van der Waals surface area contributed by atoms with Crippen LogP contribution >= 0.6 is 0 Å². The lowest BCUT2D eigenvalue weighted by Crippen LogP contribution is -2.36. The Morgan fingerprint density at radius 3 is 2.59 bits per heavy atom. The summed E-state index contributed by atoms with van der Waals surface area (Å²) in [6, 6.07) is 8.75. The van der Waals surface area contributed by atoms with Crippen molar-refractivity contribution in [3.63, 3.8) is 0 Å². The van der Waals surface area contributed by atoms with Gasteiger partial charge < -0.3 is 20.3 Å². The molecule has 1 saturated heterocycles. The van der Waals surface area contributed by atoms with Crippen LogP contribution in [0.5, 0.6) is 0 Å². The average molecular weight is 368 g/mol. The standard InChI is InChI=1S/C20H28N6O/c1-2-4-8-16(7-3-1)22-20-24-19(15-21-25-20)23-17-9-5-6-10-18(17)26-11-13-27-14-12-26/h5-6,9-10,15-16H,1-4,7-8,11-14H2,(H2,22,23,24,25). The number of nitrogens with one attached hydrogen (secondary N) is 2. The minimum Gasteiger partial charge on any atom is -0.378 e. The molecule has 0 spiro atoms. The molecule has 0 bridgehead atoms. The Labute approximate surface area is 160 Å². The molecule has 4 rings (SSSR count). The maximum atomic E-state index is 5.48. The molecule has 7 nitrogen and oxygen atoms in total. The fraction of sp³-hybridized carbons (Fsp3) is 0.550. The zero-order valence-corrected chi connectivity index (χ0v) is 15.7. The van der Waals surface area contributed by atoms with Crippen molar-refractivity contribution in [2.75, 3.05) is 41.8 Å². The number of aromatic nitrogens is 3. The van der Waals surface area contributed by atoms with Crippen molar-refractivity contribution in [1.29, 1.82) is 0 Å². The topological polar surface area (TPSA) is 75.2 Å². The number of ether oxygens (including phenoxy) is 1. The van der Waals surface area contributed by atoms with E-state index in [0.717, 1.165) is 37.7 Å². The van der Waals surface area contributed by atoms with E-state index in [4.69, 9.17) is 4.74 Å². The fourth-order valence-electron chi connectivity index (χ4n) is 3.83. The minimum atomic E-state index is 0.449. The monoisotopic (exact) mass is 368 g/mol. The molecule has 7 heteroatoms. The van der Waals surface area contributed by atoms with Crippen LogP contribution in [0.15, 0.2) is 30.5 Å². The van der Waals surface area contributed by atoms with Crippen LogP contribution in [0.1, 0.15) is 38.5 Å². The summed E-state index contributed by atoms with van der Waals surface area (Å²) in [5.41, 5.74) is 2.19. The van der Waals surface area contributed by atoms with Gasteiger partial charge in [-0.25, -0.2) is 0 Å². The average Bonchev–Trinajstić information content (AvgIpc) is 2.98. The molecule has 2 aromatic rings. The zero-order chi connectivity index (χ0) is 18.3. The Kier molecular flexibility index (Phi) is 5.99. The van der Waals surface area contributed by atoms with E-state index in [1.807, 2.05) is 6.07 Å². The molecule has 0 unspecified atom stereocenters. The van der Waals surface area contributed by atoms with Crippen molar-refractivity contribution in [2.24, 2.45) is 0 Å². The van der Waals surface area contributed by atoms with E-state index in [9.17, 15) is 0 Å². The maximum Gasteiger partial charge on any atom is 0.244 e. The molecule has 1 aromatic heterocycles. The van der Waals surface area contributed by atoms with Gasteiger partial charge in [-0.05, 0) is 25.0 Å². The summed E-state index contributed by atoms with van der Waals surface area (Å²) in [4.78, 5) is 6.98. The molecule has 1 aliphatic heterocycles. The highest BCUT2D eigenvalue weighted by Crippen LogP contribution is 2.29. The van der Waals surface area contributed by atoms with Gasteiger partial charge in [0, 0.05) is 19.1 Å². The highest BCUT2D eigenvalue weighted by Gasteiger charge is 2.16. The van der Waals surface area contributed by atoms with Crippen molar-refractivity contribution in [3.8, 4) is 0 Å². The number of para-hydroxylation sites is 2. The third kappa shape index (κ3) is 4.86. The number of hydrogen-bond donors (Lipinski definition) is 2. The number of nitrogens with zero attached hydrogens (tertiary/aromatic N) is 4. The quantitative estimate of drug-likeness (QED) is 0.781. The van der Waals surface area contributed by atoms with Crippen molar-refractivity contribution < 1.29 is 4.74 Å². The largest absolute Gasteiger partial charge is 0.378 e. The van der Waals surface area contributed by atoms with Crippen LogP contribution in [0, 0.1) is 0 Å². The highest BCUT2D eigenvalue weighted by atomic mass is 16.5. The Hall–Kier alpha value is -2.41. The van der Waals surface area contributed by atoms with Gasteiger partial charge in [-0.3, -0.25) is 0 Å². The van der Waals surface area contributed by atoms with E-state index in [1.165, 1.54) is 38.5 Å². The van der Waals surface area contributed by atoms with Crippen LogP contribution in [-0.2, 0) is 4.74 Å². The summed E-state index contributed by atoms with van der Waals surface area (Å²) in [7, 11) is 0. The second-order valence-corrected chi connectivity index (χ2v) is 7.24. The van der Waals surface area contributed by atoms with Crippen molar-refractivity contribution >= 4 is 23.1 Å². The van der Waals surface area contributed by atoms with E-state index < -0.39 is 0 Å². The third-order valence-corrected chi connectivity index (χ3v) is 5.27. The molecule has 1 aromatic carbocycles. The van der Waals surface area contributed by atoms with Gasteiger partial charge in [0.1, 0.15) is 0 Å². The lowest BCUT2D eigenvalue weighted by Gasteiger charge is -2.30. The van der Waals surface area contributed by atoms with Gasteiger partial charge in [-0.15, -0.1) is 5.10 Å². The normalized spacial score (nSPS) is 18.7. The van der Waals surface area contributed by atoms with E-state index in [-0.39, 0.29) is 0 Å². The van der Waals surface area contributed by atoms with Gasteiger partial charge in [0.05, 0.1) is 30.8 Å². The molecule has 1 aliphatic carbocycles. The molecule has 0 radical (unpaired) electrons. The molecule has 27 heavy (non-hydrogen) atoms. The second-order valence-electron chi connectivity index (χ2n) is 7.24. The zero-order valence-electron chi connectivity index (χ0n) is 15.7. The SMILES string of the molecule is c1ccc(N2CCOCC2)c(Nc2cnnc(NC3CCCCCC3)n2)c1. The molecule has 144 valence electrons. The van der Waals surface area contributed by atoms with Gasteiger partial charge in [-0.1, -0.05) is 37.8 Å². The van der Waals surface area contributed by atoms with Gasteiger partial charge in [-0.2, -0.15) is 10.1 Å². The summed E-state index contributed by atoms with van der Waals surface area (Å²) >= 11 is 0. The summed E-state index contributed by atoms with van der Waals surface area (Å²) in [6.45, 7) is 3.32. The lowest BCUT2D eigenvalue weighted by molar-refractivity contribution is 0.123. The highest BCUT2D eigenvalue weighted by molar-refractivity contribution is 5.74. The van der Waals surface area contributed by atoms with Crippen LogP contribution in [0.3, 0.4) is 0 Å². The molecule has 2 N–H and O–H groups in total. The summed E-state index contributed by atoms with van der Waals surface area (Å²) in [5, 5.41) is 15.2. The predicted octanol–water partition coefficient (Wildman–Crippen LogP) is 3.59. The number of anilines is 4. The molecular weight excluding hydrogens is 340 g/mol. The summed E-state index contributed by atoms with van der Waals surface area (Å²) in [5.74, 6) is 1.32. The number of morpholine rings is 1. The number of rotatable bonds is 5. The van der Waals surface area contributed by atoms with Gasteiger partial charge in [0.2, 0.25) is 5.95 Å². The van der Waals surface area contributed by atoms with Crippen LogP contribution < -0.4 is 15.5 Å². The fourth-order valence-corrected chi connectivity index (χ4v) is 3.83. The third-order valence-electron chi connectivity index (χ3n) is 5.27. The minimum absolute atomic E-state index is 0.449. The number of hydrogen-bond acceptors (Lipinski definition) is 7. The van der Waals surface area contributed by atoms with Crippen molar-refractivity contribution in [3.05, 3.63) is 30.5 Å². The first-order valence-electron chi connectivity index (χ1n) is 10.0. The van der Waals surface area contributed by atoms with E-state index in [0.29, 0.717) is 17.8 Å². The van der Waals surface area contributed by atoms with Crippen LogP contribution in [0.2, 0.25) is 0 Å². The molecular formula is C20H28N6O.